The molecule has 1 aromatic carbocycles. The fourth-order valence-electron chi connectivity index (χ4n) is 2.97. The van der Waals surface area contributed by atoms with Gasteiger partial charge in [0.2, 0.25) is 5.95 Å². The summed E-state index contributed by atoms with van der Waals surface area (Å²) in [7, 11) is 0. The van der Waals surface area contributed by atoms with E-state index in [4.69, 9.17) is 6.85 Å². The van der Waals surface area contributed by atoms with Gasteiger partial charge in [-0.3, -0.25) is 4.98 Å². The quantitative estimate of drug-likeness (QED) is 0.375. The molecule has 0 aliphatic rings. The number of benzene rings is 1. The highest BCUT2D eigenvalue weighted by Crippen LogP contribution is 2.39. The van der Waals surface area contributed by atoms with E-state index in [9.17, 15) is 4.39 Å². The fraction of sp³-hybridized carbons (Fsp3) is 0.273. The Morgan fingerprint density at radius 1 is 1.19 bits per heavy atom. The van der Waals surface area contributed by atoms with Gasteiger partial charge in [0, 0.05) is 34.1 Å². The summed E-state index contributed by atoms with van der Waals surface area (Å²) in [4.78, 5) is 8.94. The minimum atomic E-state index is -2.50. The lowest BCUT2D eigenvalue weighted by atomic mass is 9.86. The monoisotopic (exact) mass is 369 g/mol. The van der Waals surface area contributed by atoms with Crippen LogP contribution >= 0.6 is 11.3 Å². The first kappa shape index (κ1) is 12.1. The van der Waals surface area contributed by atoms with Gasteiger partial charge in [0.15, 0.2) is 0 Å². The van der Waals surface area contributed by atoms with Gasteiger partial charge in [0.25, 0.3) is 0 Å². The summed E-state index contributed by atoms with van der Waals surface area (Å²) in [6.07, 6.45) is -0.654. The van der Waals surface area contributed by atoms with Crippen LogP contribution in [0.1, 0.15) is 38.8 Å². The second kappa shape index (κ2) is 6.13. The first-order valence-electron chi connectivity index (χ1n) is 10.8. The van der Waals surface area contributed by atoms with Gasteiger partial charge in [-0.05, 0) is 48.0 Å². The van der Waals surface area contributed by atoms with Crippen LogP contribution in [0, 0.1) is 18.2 Å². The molecule has 0 saturated heterocycles. The number of aromatic nitrogens is 2. The molecule has 0 aliphatic heterocycles. The molecule has 0 fully saturated rings. The van der Waals surface area contributed by atoms with Gasteiger partial charge in [-0.2, -0.15) is 4.39 Å². The zero-order valence-corrected chi connectivity index (χ0v) is 15.5. The molecule has 3 heterocycles. The predicted molar refractivity (Wildman–Crippen MR) is 108 cm³/mol. The summed E-state index contributed by atoms with van der Waals surface area (Å²) in [6, 6.07) is 10.2. The van der Waals surface area contributed by atoms with E-state index in [-0.39, 0.29) is 11.1 Å². The number of fused-ring (bicyclic) bond motifs is 3. The lowest BCUT2D eigenvalue weighted by Gasteiger charge is -2.20. The third-order valence-corrected chi connectivity index (χ3v) is 5.17. The van der Waals surface area contributed by atoms with Crippen molar-refractivity contribution < 1.29 is 11.2 Å². The molecule has 132 valence electrons. The second-order valence-corrected chi connectivity index (χ2v) is 8.26. The van der Waals surface area contributed by atoms with Crippen molar-refractivity contribution in [2.45, 2.75) is 34.0 Å². The van der Waals surface area contributed by atoms with Crippen LogP contribution in [0.15, 0.2) is 42.6 Å². The summed E-state index contributed by atoms with van der Waals surface area (Å²) in [5.74, 6) is -0.554. The molecule has 4 aromatic rings. The summed E-state index contributed by atoms with van der Waals surface area (Å²) >= 11 is 1.33. The largest absolute Gasteiger partial charge is 0.256 e. The van der Waals surface area contributed by atoms with Crippen LogP contribution in [0.3, 0.4) is 0 Å². The maximum absolute atomic E-state index is 13.6. The molecule has 0 bridgehead atoms. The Labute approximate surface area is 163 Å². The Balaban J connectivity index is 2.00. The maximum Gasteiger partial charge on any atom is 0.214 e. The number of hydrogen-bond donors (Lipinski definition) is 0. The summed E-state index contributed by atoms with van der Waals surface area (Å²) < 4.78 is 55.5. The minimum absolute atomic E-state index is 0.0940. The van der Waals surface area contributed by atoms with Crippen molar-refractivity contribution in [2.24, 2.45) is 5.41 Å². The molecule has 0 saturated carbocycles. The summed E-state index contributed by atoms with van der Waals surface area (Å²) in [5, 5.41) is 1.72. The number of hydrogen-bond acceptors (Lipinski definition) is 3. The van der Waals surface area contributed by atoms with E-state index < -0.39 is 24.6 Å². The Kier molecular flexibility index (Phi) is 2.86. The highest BCUT2D eigenvalue weighted by Gasteiger charge is 2.16. The van der Waals surface area contributed by atoms with Gasteiger partial charge in [0.05, 0.1) is 5.69 Å². The number of halogens is 1. The summed E-state index contributed by atoms with van der Waals surface area (Å²) in [6.45, 7) is 2.72. The first-order chi connectivity index (χ1) is 14.3. The molecular formula is C22H21FN2S. The fourth-order valence-corrected chi connectivity index (χ4v) is 4.15. The number of thiophene rings is 1. The van der Waals surface area contributed by atoms with Crippen LogP contribution in [-0.4, -0.2) is 9.97 Å². The number of rotatable bonds is 2. The molecule has 4 heteroatoms. The van der Waals surface area contributed by atoms with Gasteiger partial charge < -0.3 is 0 Å². The number of aryl methyl sites for hydroxylation is 1. The van der Waals surface area contributed by atoms with Crippen molar-refractivity contribution in [1.29, 1.82) is 0 Å². The van der Waals surface area contributed by atoms with Crippen molar-refractivity contribution in [3.63, 3.8) is 0 Å². The Bertz CT molecular complexity index is 1310. The van der Waals surface area contributed by atoms with Gasteiger partial charge in [0.1, 0.15) is 4.83 Å². The van der Waals surface area contributed by atoms with E-state index in [0.29, 0.717) is 10.5 Å². The number of pyridine rings is 2. The SMILES string of the molecule is [2H]C([2H])([2H])c1cnc(-c2cccc3c2sc2nc(F)ccc23)cc1C([2H])([2H])C(C)(C)C. The van der Waals surface area contributed by atoms with Crippen LogP contribution in [0.25, 0.3) is 31.6 Å². The van der Waals surface area contributed by atoms with Gasteiger partial charge in [-0.25, -0.2) is 4.98 Å². The molecule has 0 unspecified atom stereocenters. The van der Waals surface area contributed by atoms with Gasteiger partial charge in [-0.1, -0.05) is 39.0 Å². The van der Waals surface area contributed by atoms with E-state index in [2.05, 4.69) is 9.97 Å². The average molecular weight is 370 g/mol. The molecule has 4 rings (SSSR count). The van der Waals surface area contributed by atoms with E-state index in [0.717, 1.165) is 21.0 Å². The van der Waals surface area contributed by atoms with Gasteiger partial charge in [-0.15, -0.1) is 11.3 Å². The van der Waals surface area contributed by atoms with Crippen molar-refractivity contribution in [3.05, 3.63) is 59.7 Å². The second-order valence-electron chi connectivity index (χ2n) is 7.26. The highest BCUT2D eigenvalue weighted by molar-refractivity contribution is 7.26. The molecule has 0 radical (unpaired) electrons. The van der Waals surface area contributed by atoms with Crippen LogP contribution in [0.2, 0.25) is 0 Å². The van der Waals surface area contributed by atoms with Crippen LogP contribution in [0.5, 0.6) is 0 Å². The lowest BCUT2D eigenvalue weighted by molar-refractivity contribution is 0.410. The molecule has 0 atom stereocenters. The molecule has 0 aliphatic carbocycles. The Morgan fingerprint density at radius 3 is 2.81 bits per heavy atom. The number of nitrogens with zero attached hydrogens (tertiary/aromatic N) is 2. The third kappa shape index (κ3) is 3.10. The first-order valence-corrected chi connectivity index (χ1v) is 9.11. The van der Waals surface area contributed by atoms with Crippen LogP contribution in [0.4, 0.5) is 4.39 Å². The van der Waals surface area contributed by atoms with Crippen molar-refractivity contribution in [1.82, 2.24) is 9.97 Å². The van der Waals surface area contributed by atoms with Gasteiger partial charge >= 0.3 is 0 Å². The molecule has 0 spiro atoms. The Morgan fingerprint density at radius 2 is 2.04 bits per heavy atom. The average Bonchev–Trinajstić information content (AvgIpc) is 3.03. The minimum Gasteiger partial charge on any atom is -0.256 e. The highest BCUT2D eigenvalue weighted by atomic mass is 32.1. The van der Waals surface area contributed by atoms with Crippen molar-refractivity contribution in [2.75, 3.05) is 0 Å². The van der Waals surface area contributed by atoms with Crippen molar-refractivity contribution in [3.8, 4) is 11.3 Å². The third-order valence-electron chi connectivity index (χ3n) is 4.02. The van der Waals surface area contributed by atoms with Crippen molar-refractivity contribution >= 4 is 31.6 Å². The molecule has 0 N–H and O–H groups in total. The molecular weight excluding hydrogens is 343 g/mol. The van der Waals surface area contributed by atoms with E-state index in [1.165, 1.54) is 23.6 Å². The molecule has 26 heavy (non-hydrogen) atoms. The molecule has 3 aromatic heterocycles. The topological polar surface area (TPSA) is 25.8 Å². The Hall–Kier alpha value is -2.33. The molecule has 0 amide bonds. The van der Waals surface area contributed by atoms with E-state index >= 15 is 0 Å². The predicted octanol–water partition coefficient (Wildman–Crippen LogP) is 6.55. The molecule has 2 nitrogen and oxygen atoms in total. The zero-order chi connectivity index (χ0) is 22.8. The smallest absolute Gasteiger partial charge is 0.214 e. The maximum atomic E-state index is 13.6. The lowest BCUT2D eigenvalue weighted by Crippen LogP contribution is -2.10. The van der Waals surface area contributed by atoms with Crippen LogP contribution < -0.4 is 0 Å². The van der Waals surface area contributed by atoms with E-state index in [1.807, 2.05) is 18.2 Å². The standard InChI is InChI=1S/C22H21FN2S/c1-13-12-24-18(10-14(13)11-22(2,3)4)17-7-5-6-15-16-8-9-19(23)25-21(16)26-20(15)17/h5-10,12H,11H2,1-4H3/i1D3,11D2. The normalized spacial score (nSPS) is 16.1. The summed E-state index contributed by atoms with van der Waals surface area (Å²) in [5.41, 5.74) is 0.366. The van der Waals surface area contributed by atoms with E-state index in [1.54, 1.807) is 32.9 Å². The zero-order valence-electron chi connectivity index (χ0n) is 19.7. The van der Waals surface area contributed by atoms with Crippen LogP contribution in [-0.2, 0) is 6.37 Å².